The summed E-state index contributed by atoms with van der Waals surface area (Å²) in [6.07, 6.45) is 17.9. The van der Waals surface area contributed by atoms with E-state index in [0.717, 1.165) is 17.0 Å². The van der Waals surface area contributed by atoms with Gasteiger partial charge in [0.15, 0.2) is 5.82 Å². The normalized spacial score (nSPS) is 12.4. The molecule has 0 spiro atoms. The van der Waals surface area contributed by atoms with E-state index >= 15 is 0 Å². The molecule has 1 amide bonds. The molecule has 0 aromatic carbocycles. The highest BCUT2D eigenvalue weighted by molar-refractivity contribution is 5.94. The average molecular weight is 347 g/mol. The van der Waals surface area contributed by atoms with E-state index in [0.29, 0.717) is 12.1 Å². The summed E-state index contributed by atoms with van der Waals surface area (Å²) in [6.45, 7) is 1.80. The summed E-state index contributed by atoms with van der Waals surface area (Å²) in [4.78, 5) is 15.0. The van der Waals surface area contributed by atoms with Gasteiger partial charge in [0.05, 0.1) is 0 Å². The molecule has 26 heavy (non-hydrogen) atoms. The lowest BCUT2D eigenvalue weighted by Crippen LogP contribution is -2.06. The lowest BCUT2D eigenvalue weighted by Gasteiger charge is -2.02. The number of nitrogens with zero attached hydrogens (tertiary/aromatic N) is 3. The summed E-state index contributed by atoms with van der Waals surface area (Å²) in [6, 6.07) is 5.67. The van der Waals surface area contributed by atoms with E-state index in [1.165, 1.54) is 6.08 Å². The minimum Gasteiger partial charge on any atom is -0.366 e. The number of pyridine rings is 1. The van der Waals surface area contributed by atoms with E-state index in [9.17, 15) is 4.79 Å². The summed E-state index contributed by atoms with van der Waals surface area (Å²) in [5.41, 5.74) is 7.29. The summed E-state index contributed by atoms with van der Waals surface area (Å²) in [5, 5.41) is 12.1. The fourth-order valence-corrected chi connectivity index (χ4v) is 2.12. The number of nitrogens with one attached hydrogen (secondary N) is 1. The molecule has 0 aliphatic heterocycles. The quantitative estimate of drug-likeness (QED) is 0.436. The third kappa shape index (κ3) is 6.52. The molecule has 0 aliphatic carbocycles. The maximum absolute atomic E-state index is 10.7. The minimum absolute atomic E-state index is 0.461. The van der Waals surface area contributed by atoms with Crippen molar-refractivity contribution >= 4 is 11.6 Å². The van der Waals surface area contributed by atoms with Crippen molar-refractivity contribution in [3.63, 3.8) is 0 Å². The van der Waals surface area contributed by atoms with Crippen molar-refractivity contribution < 1.29 is 4.79 Å². The number of hydrogen-bond acceptors (Lipinski definition) is 4. The maximum atomic E-state index is 10.7. The predicted molar refractivity (Wildman–Crippen MR) is 103 cm³/mol. The second-order valence-electron chi connectivity index (χ2n) is 5.57. The van der Waals surface area contributed by atoms with Gasteiger partial charge in [0.25, 0.3) is 0 Å². The number of hydrogen-bond donors (Lipinski definition) is 2. The molecular formula is C20H21N5O. The molecule has 6 heteroatoms. The first-order valence-corrected chi connectivity index (χ1v) is 8.06. The van der Waals surface area contributed by atoms with E-state index in [1.54, 1.807) is 48.3 Å². The van der Waals surface area contributed by atoms with Gasteiger partial charge in [-0.3, -0.25) is 4.79 Å². The third-order valence-corrected chi connectivity index (χ3v) is 3.30. The standard InChI is InChI=1S/C20H21N5O/c1-16(13-19(22)26)7-4-2-3-5-8-18(21)14-17-9-10-20(23-15-17)25-12-6-11-24-25/h2-13,15,21H,14H2,1H3,(H2,22,26)/b3-2-,7-4+,8-5+,16-13+,21-18?. The van der Waals surface area contributed by atoms with Gasteiger partial charge in [-0.2, -0.15) is 5.10 Å². The van der Waals surface area contributed by atoms with Gasteiger partial charge >= 0.3 is 0 Å². The Morgan fingerprint density at radius 3 is 2.62 bits per heavy atom. The van der Waals surface area contributed by atoms with Gasteiger partial charge in [0.1, 0.15) is 0 Å². The first-order chi connectivity index (χ1) is 12.5. The highest BCUT2D eigenvalue weighted by Crippen LogP contribution is 2.06. The molecule has 2 aromatic heterocycles. The lowest BCUT2D eigenvalue weighted by molar-refractivity contribution is -0.113. The van der Waals surface area contributed by atoms with Crippen molar-refractivity contribution in [3.8, 4) is 5.82 Å². The van der Waals surface area contributed by atoms with Crippen LogP contribution in [0.15, 0.2) is 84.9 Å². The Labute approximate surface area is 152 Å². The molecule has 0 saturated carbocycles. The zero-order valence-electron chi connectivity index (χ0n) is 14.5. The Hall–Kier alpha value is -3.54. The molecule has 132 valence electrons. The summed E-state index contributed by atoms with van der Waals surface area (Å²) >= 11 is 0. The number of allylic oxidation sites excluding steroid dienone is 7. The third-order valence-electron chi connectivity index (χ3n) is 3.30. The molecular weight excluding hydrogens is 326 g/mol. The number of carbonyl (C=O) groups excluding carboxylic acids is 1. The van der Waals surface area contributed by atoms with E-state index < -0.39 is 5.91 Å². The molecule has 0 aliphatic rings. The first kappa shape index (κ1) is 18.8. The van der Waals surface area contributed by atoms with Crippen molar-refractivity contribution in [1.82, 2.24) is 14.8 Å². The smallest absolute Gasteiger partial charge is 0.241 e. The van der Waals surface area contributed by atoms with Crippen molar-refractivity contribution in [2.45, 2.75) is 13.3 Å². The van der Waals surface area contributed by atoms with Crippen molar-refractivity contribution in [1.29, 1.82) is 5.41 Å². The van der Waals surface area contributed by atoms with Crippen LogP contribution in [0.2, 0.25) is 0 Å². The Kier molecular flexibility index (Phi) is 7.00. The van der Waals surface area contributed by atoms with Crippen LogP contribution >= 0.6 is 0 Å². The van der Waals surface area contributed by atoms with Gasteiger partial charge in [0, 0.05) is 36.8 Å². The molecule has 6 nitrogen and oxygen atoms in total. The largest absolute Gasteiger partial charge is 0.366 e. The maximum Gasteiger partial charge on any atom is 0.241 e. The van der Waals surface area contributed by atoms with Gasteiger partial charge in [-0.1, -0.05) is 36.4 Å². The highest BCUT2D eigenvalue weighted by atomic mass is 16.1. The fourth-order valence-electron chi connectivity index (χ4n) is 2.12. The number of amides is 1. The van der Waals surface area contributed by atoms with Gasteiger partial charge in [-0.25, -0.2) is 9.67 Å². The van der Waals surface area contributed by atoms with Crippen molar-refractivity contribution in [3.05, 3.63) is 90.5 Å². The molecule has 3 N–H and O–H groups in total. The Balaban J connectivity index is 1.82. The summed E-state index contributed by atoms with van der Waals surface area (Å²) < 4.78 is 1.69. The fraction of sp³-hybridized carbons (Fsp3) is 0.100. The summed E-state index contributed by atoms with van der Waals surface area (Å²) in [7, 11) is 0. The SMILES string of the molecule is CC(/C=C/C=C\C=C\C(=N)Cc1ccc(-n2cccn2)nc1)=C\C(N)=O. The van der Waals surface area contributed by atoms with Gasteiger partial charge < -0.3 is 11.1 Å². The number of nitrogens with two attached hydrogens (primary N) is 1. The van der Waals surface area contributed by atoms with Crippen LogP contribution in [-0.4, -0.2) is 26.4 Å². The Morgan fingerprint density at radius 1 is 1.23 bits per heavy atom. The molecule has 0 unspecified atom stereocenters. The van der Waals surface area contributed by atoms with Gasteiger partial charge in [-0.05, 0) is 36.3 Å². The van der Waals surface area contributed by atoms with Crippen LogP contribution in [0.4, 0.5) is 0 Å². The van der Waals surface area contributed by atoms with Crippen molar-refractivity contribution in [2.75, 3.05) is 0 Å². The molecule has 0 saturated heterocycles. The summed E-state index contributed by atoms with van der Waals surface area (Å²) in [5.74, 6) is 0.285. The number of aromatic nitrogens is 3. The second kappa shape index (κ2) is 9.68. The zero-order chi connectivity index (χ0) is 18.8. The van der Waals surface area contributed by atoms with Crippen molar-refractivity contribution in [2.24, 2.45) is 5.73 Å². The first-order valence-electron chi connectivity index (χ1n) is 8.06. The monoisotopic (exact) mass is 347 g/mol. The van der Waals surface area contributed by atoms with E-state index in [-0.39, 0.29) is 0 Å². The van der Waals surface area contributed by atoms with E-state index in [1.807, 2.05) is 36.5 Å². The molecule has 0 radical (unpaired) electrons. The topological polar surface area (TPSA) is 97.7 Å². The minimum atomic E-state index is -0.461. The van der Waals surface area contributed by atoms with Crippen LogP contribution in [0.1, 0.15) is 12.5 Å². The van der Waals surface area contributed by atoms with Crippen LogP contribution in [0.3, 0.4) is 0 Å². The molecule has 2 aromatic rings. The Bertz CT molecular complexity index is 856. The number of carbonyl (C=O) groups is 1. The van der Waals surface area contributed by atoms with Crippen LogP contribution in [0.25, 0.3) is 5.82 Å². The van der Waals surface area contributed by atoms with Crippen LogP contribution in [0.5, 0.6) is 0 Å². The highest BCUT2D eigenvalue weighted by Gasteiger charge is 2.00. The second-order valence-corrected chi connectivity index (χ2v) is 5.57. The number of rotatable bonds is 8. The van der Waals surface area contributed by atoms with E-state index in [4.69, 9.17) is 11.1 Å². The molecule has 0 fully saturated rings. The Morgan fingerprint density at radius 2 is 2.00 bits per heavy atom. The molecule has 0 atom stereocenters. The van der Waals surface area contributed by atoms with Gasteiger partial charge in [-0.15, -0.1) is 0 Å². The average Bonchev–Trinajstić information content (AvgIpc) is 3.12. The molecule has 2 rings (SSSR count). The predicted octanol–water partition coefficient (Wildman–Crippen LogP) is 2.93. The van der Waals surface area contributed by atoms with E-state index in [2.05, 4.69) is 10.1 Å². The molecule has 0 bridgehead atoms. The molecule has 2 heterocycles. The van der Waals surface area contributed by atoms with Crippen LogP contribution < -0.4 is 5.73 Å². The van der Waals surface area contributed by atoms with Crippen LogP contribution in [0, 0.1) is 5.41 Å². The lowest BCUT2D eigenvalue weighted by atomic mass is 10.1. The van der Waals surface area contributed by atoms with Crippen LogP contribution in [-0.2, 0) is 11.2 Å². The zero-order valence-corrected chi connectivity index (χ0v) is 14.5. The number of primary amides is 1. The van der Waals surface area contributed by atoms with Gasteiger partial charge in [0.2, 0.25) is 5.91 Å².